The van der Waals surface area contributed by atoms with Crippen LogP contribution in [0.3, 0.4) is 0 Å². The smallest absolute Gasteiger partial charge is 0.311 e. The van der Waals surface area contributed by atoms with Gasteiger partial charge in [-0.3, -0.25) is 9.59 Å². The molecule has 3 aromatic carbocycles. The molecule has 3 aromatic rings. The Bertz CT molecular complexity index is 984. The fourth-order valence-corrected chi connectivity index (χ4v) is 3.00. The molecular weight excluding hydrogens is 378 g/mol. The van der Waals surface area contributed by atoms with E-state index in [4.69, 9.17) is 9.47 Å². The third-order valence-corrected chi connectivity index (χ3v) is 4.50. The van der Waals surface area contributed by atoms with Crippen molar-refractivity contribution in [2.45, 2.75) is 26.4 Å². The highest BCUT2D eigenvalue weighted by Crippen LogP contribution is 2.27. The fourth-order valence-electron chi connectivity index (χ4n) is 3.00. The van der Waals surface area contributed by atoms with E-state index in [1.54, 1.807) is 42.5 Å². The van der Waals surface area contributed by atoms with Gasteiger partial charge in [-0.2, -0.15) is 0 Å². The first-order valence-corrected chi connectivity index (χ1v) is 9.89. The fraction of sp³-hybridized carbons (Fsp3) is 0.200. The molecule has 0 heterocycles. The maximum Gasteiger partial charge on any atom is 0.311 e. The maximum atomic E-state index is 13.1. The summed E-state index contributed by atoms with van der Waals surface area (Å²) in [6, 6.07) is 23.8. The molecule has 1 atom stereocenters. The van der Waals surface area contributed by atoms with Crippen LogP contribution in [0.4, 0.5) is 5.69 Å². The summed E-state index contributed by atoms with van der Waals surface area (Å²) in [4.78, 5) is 25.6. The van der Waals surface area contributed by atoms with Crippen LogP contribution in [0.25, 0.3) is 0 Å². The summed E-state index contributed by atoms with van der Waals surface area (Å²) in [6.45, 7) is 4.33. The van der Waals surface area contributed by atoms with Gasteiger partial charge in [0.1, 0.15) is 5.75 Å². The Morgan fingerprint density at radius 3 is 2.27 bits per heavy atom. The third kappa shape index (κ3) is 5.70. The molecular formula is C25H25NO4. The molecule has 154 valence electrons. The van der Waals surface area contributed by atoms with E-state index in [0.717, 1.165) is 11.1 Å². The minimum absolute atomic E-state index is 0.0897. The van der Waals surface area contributed by atoms with Crippen molar-refractivity contribution in [1.82, 2.24) is 0 Å². The highest BCUT2D eigenvalue weighted by atomic mass is 16.5. The Kier molecular flexibility index (Phi) is 7.22. The molecule has 0 saturated carbocycles. The first kappa shape index (κ1) is 21.1. The summed E-state index contributed by atoms with van der Waals surface area (Å²) in [5.41, 5.74) is 3.07. The lowest BCUT2D eigenvalue weighted by Gasteiger charge is -2.19. The third-order valence-electron chi connectivity index (χ3n) is 4.50. The van der Waals surface area contributed by atoms with Crippen molar-refractivity contribution < 1.29 is 19.1 Å². The number of anilines is 1. The number of para-hydroxylation sites is 2. The van der Waals surface area contributed by atoms with Crippen molar-refractivity contribution in [3.63, 3.8) is 0 Å². The molecule has 0 aromatic heterocycles. The van der Waals surface area contributed by atoms with Gasteiger partial charge < -0.3 is 14.8 Å². The van der Waals surface area contributed by atoms with Gasteiger partial charge in [-0.1, -0.05) is 72.3 Å². The van der Waals surface area contributed by atoms with E-state index in [9.17, 15) is 9.59 Å². The zero-order valence-electron chi connectivity index (χ0n) is 17.1. The molecule has 0 saturated heterocycles. The first-order chi connectivity index (χ1) is 14.6. The first-order valence-electron chi connectivity index (χ1n) is 9.89. The van der Waals surface area contributed by atoms with E-state index < -0.39 is 18.0 Å². The molecule has 3 rings (SSSR count). The Labute approximate surface area is 176 Å². The van der Waals surface area contributed by atoms with Gasteiger partial charge in [0.05, 0.1) is 18.7 Å². The highest BCUT2D eigenvalue weighted by molar-refractivity contribution is 5.97. The lowest BCUT2D eigenvalue weighted by Crippen LogP contribution is -2.26. The van der Waals surface area contributed by atoms with Gasteiger partial charge in [0.2, 0.25) is 6.10 Å². The number of hydrogen-bond donors (Lipinski definition) is 1. The van der Waals surface area contributed by atoms with Crippen LogP contribution in [-0.2, 0) is 20.7 Å². The number of ether oxygens (including phenoxy) is 2. The highest BCUT2D eigenvalue weighted by Gasteiger charge is 2.26. The van der Waals surface area contributed by atoms with Crippen molar-refractivity contribution in [3.8, 4) is 5.75 Å². The van der Waals surface area contributed by atoms with Gasteiger partial charge in [-0.25, -0.2) is 0 Å². The van der Waals surface area contributed by atoms with Gasteiger partial charge in [0, 0.05) is 5.56 Å². The number of amides is 1. The van der Waals surface area contributed by atoms with Crippen molar-refractivity contribution >= 4 is 17.6 Å². The van der Waals surface area contributed by atoms with Crippen LogP contribution < -0.4 is 10.1 Å². The van der Waals surface area contributed by atoms with Gasteiger partial charge in [0.25, 0.3) is 5.91 Å². The molecule has 0 unspecified atom stereocenters. The molecule has 0 spiro atoms. The number of carbonyl (C=O) groups excluding carboxylic acids is 2. The number of esters is 1. The van der Waals surface area contributed by atoms with Crippen LogP contribution in [0.5, 0.6) is 5.75 Å². The molecule has 5 heteroatoms. The number of rotatable bonds is 8. The Hall–Kier alpha value is -3.60. The number of aryl methyl sites for hydroxylation is 1. The van der Waals surface area contributed by atoms with Crippen LogP contribution in [0, 0.1) is 6.92 Å². The second-order valence-electron chi connectivity index (χ2n) is 6.86. The predicted octanol–water partition coefficient (Wildman–Crippen LogP) is 4.86. The van der Waals surface area contributed by atoms with Crippen LogP contribution >= 0.6 is 0 Å². The lowest BCUT2D eigenvalue weighted by atomic mass is 10.1. The van der Waals surface area contributed by atoms with Gasteiger partial charge in [0.15, 0.2) is 0 Å². The van der Waals surface area contributed by atoms with Gasteiger partial charge in [-0.15, -0.1) is 0 Å². The lowest BCUT2D eigenvalue weighted by molar-refractivity contribution is -0.154. The van der Waals surface area contributed by atoms with E-state index in [-0.39, 0.29) is 6.42 Å². The average Bonchev–Trinajstić information content (AvgIpc) is 2.76. The van der Waals surface area contributed by atoms with Crippen molar-refractivity contribution in [2.24, 2.45) is 0 Å². The monoisotopic (exact) mass is 403 g/mol. The molecule has 30 heavy (non-hydrogen) atoms. The van der Waals surface area contributed by atoms with Crippen molar-refractivity contribution in [1.29, 1.82) is 0 Å². The zero-order valence-corrected chi connectivity index (χ0v) is 17.1. The predicted molar refractivity (Wildman–Crippen MR) is 116 cm³/mol. The quantitative estimate of drug-likeness (QED) is 0.546. The molecule has 1 amide bonds. The molecule has 0 aliphatic rings. The molecule has 5 nitrogen and oxygen atoms in total. The summed E-state index contributed by atoms with van der Waals surface area (Å²) in [6.07, 6.45) is -0.981. The van der Waals surface area contributed by atoms with E-state index in [1.807, 2.05) is 50.2 Å². The molecule has 0 radical (unpaired) electrons. The minimum Gasteiger partial charge on any atom is -0.492 e. The van der Waals surface area contributed by atoms with E-state index in [0.29, 0.717) is 23.6 Å². The molecule has 0 aliphatic carbocycles. The average molecular weight is 403 g/mol. The van der Waals surface area contributed by atoms with E-state index >= 15 is 0 Å². The van der Waals surface area contributed by atoms with Gasteiger partial charge in [-0.05, 0) is 31.5 Å². The number of carbonyl (C=O) groups is 2. The van der Waals surface area contributed by atoms with Crippen LogP contribution in [0.15, 0.2) is 78.9 Å². The topological polar surface area (TPSA) is 64.6 Å². The van der Waals surface area contributed by atoms with E-state index in [1.165, 1.54) is 0 Å². The molecule has 0 fully saturated rings. The largest absolute Gasteiger partial charge is 0.492 e. The van der Waals surface area contributed by atoms with Crippen molar-refractivity contribution in [2.75, 3.05) is 11.9 Å². The van der Waals surface area contributed by atoms with Crippen LogP contribution in [0.1, 0.15) is 29.7 Å². The summed E-state index contributed by atoms with van der Waals surface area (Å²) >= 11 is 0. The Morgan fingerprint density at radius 2 is 1.57 bits per heavy atom. The van der Waals surface area contributed by atoms with Gasteiger partial charge >= 0.3 is 5.97 Å². The molecule has 0 bridgehead atoms. The minimum atomic E-state index is -1.07. The summed E-state index contributed by atoms with van der Waals surface area (Å²) < 4.78 is 11.2. The normalized spacial score (nSPS) is 11.4. The molecule has 0 aliphatic heterocycles. The SMILES string of the molecule is CCOc1ccccc1NC(=O)[C@H](OC(=O)Cc1ccc(C)cc1)c1ccccc1. The second-order valence-corrected chi connectivity index (χ2v) is 6.86. The van der Waals surface area contributed by atoms with Crippen molar-refractivity contribution in [3.05, 3.63) is 95.6 Å². The molecule has 1 N–H and O–H groups in total. The summed E-state index contributed by atoms with van der Waals surface area (Å²) in [5, 5.41) is 2.83. The second kappa shape index (κ2) is 10.3. The zero-order chi connectivity index (χ0) is 21.3. The van der Waals surface area contributed by atoms with Crippen LogP contribution in [0.2, 0.25) is 0 Å². The maximum absolute atomic E-state index is 13.1. The van der Waals surface area contributed by atoms with Crippen LogP contribution in [-0.4, -0.2) is 18.5 Å². The number of benzene rings is 3. The number of hydrogen-bond acceptors (Lipinski definition) is 4. The summed E-state index contributed by atoms with van der Waals surface area (Å²) in [7, 11) is 0. The number of nitrogens with one attached hydrogen (secondary N) is 1. The Balaban J connectivity index is 1.78. The van der Waals surface area contributed by atoms with E-state index in [2.05, 4.69) is 5.32 Å². The standard InChI is InChI=1S/C25H25NO4/c1-3-29-22-12-8-7-11-21(22)26-25(28)24(20-9-5-4-6-10-20)30-23(27)17-19-15-13-18(2)14-16-19/h4-16,24H,3,17H2,1-2H3,(H,26,28)/t24-/m1/s1. The summed E-state index contributed by atoms with van der Waals surface area (Å²) in [5.74, 6) is -0.349. The Morgan fingerprint density at radius 1 is 0.900 bits per heavy atom.